The molecule has 2 heteroatoms. The Morgan fingerprint density at radius 1 is 0.714 bits per heavy atom. The molecule has 3 aromatic carbocycles. The van der Waals surface area contributed by atoms with Crippen molar-refractivity contribution < 1.29 is 4.79 Å². The quantitative estimate of drug-likeness (QED) is 0.603. The highest BCUT2D eigenvalue weighted by atomic mass is 35.5. The summed E-state index contributed by atoms with van der Waals surface area (Å²) in [5, 5.41) is 0.628. The molecule has 0 aliphatic heterocycles. The molecule has 0 amide bonds. The van der Waals surface area contributed by atoms with E-state index in [-0.39, 0.29) is 5.78 Å². The number of rotatable bonds is 3. The van der Waals surface area contributed by atoms with E-state index in [1.165, 1.54) is 0 Å². The summed E-state index contributed by atoms with van der Waals surface area (Å²) < 4.78 is 0. The lowest BCUT2D eigenvalue weighted by atomic mass is 9.94. The average Bonchev–Trinajstić information content (AvgIpc) is 2.56. The van der Waals surface area contributed by atoms with Crippen molar-refractivity contribution in [3.63, 3.8) is 0 Å². The Balaban J connectivity index is 2.07. The molecular formula is C19H13ClO. The van der Waals surface area contributed by atoms with E-state index in [0.29, 0.717) is 16.1 Å². The summed E-state index contributed by atoms with van der Waals surface area (Å²) in [6.07, 6.45) is 0. The maximum atomic E-state index is 12.7. The van der Waals surface area contributed by atoms with E-state index in [1.54, 1.807) is 24.3 Å². The molecule has 3 rings (SSSR count). The number of halogens is 1. The Kier molecular flexibility index (Phi) is 3.85. The molecule has 21 heavy (non-hydrogen) atoms. The summed E-state index contributed by atoms with van der Waals surface area (Å²) in [6.45, 7) is 0. The minimum Gasteiger partial charge on any atom is -0.289 e. The van der Waals surface area contributed by atoms with Crippen molar-refractivity contribution >= 4 is 17.4 Å². The lowest BCUT2D eigenvalue weighted by molar-refractivity contribution is 0.103. The second-order valence-electron chi connectivity index (χ2n) is 4.75. The van der Waals surface area contributed by atoms with E-state index < -0.39 is 0 Å². The number of carbonyl (C=O) groups excluding carboxylic acids is 1. The van der Waals surface area contributed by atoms with E-state index in [1.807, 2.05) is 54.6 Å². The minimum absolute atomic E-state index is 0.00567. The van der Waals surface area contributed by atoms with Gasteiger partial charge in [0.25, 0.3) is 0 Å². The molecule has 0 fully saturated rings. The van der Waals surface area contributed by atoms with E-state index in [9.17, 15) is 4.79 Å². The number of ketones is 1. The second-order valence-corrected chi connectivity index (χ2v) is 5.18. The van der Waals surface area contributed by atoms with Crippen molar-refractivity contribution in [2.24, 2.45) is 0 Å². The molecule has 0 radical (unpaired) electrons. The van der Waals surface area contributed by atoms with Crippen molar-refractivity contribution in [1.82, 2.24) is 0 Å². The zero-order valence-electron chi connectivity index (χ0n) is 11.3. The van der Waals surface area contributed by atoms with Gasteiger partial charge >= 0.3 is 0 Å². The van der Waals surface area contributed by atoms with Crippen LogP contribution < -0.4 is 0 Å². The van der Waals surface area contributed by atoms with Crippen LogP contribution in [0.5, 0.6) is 0 Å². The van der Waals surface area contributed by atoms with Crippen LogP contribution in [0.1, 0.15) is 15.9 Å². The first-order valence-corrected chi connectivity index (χ1v) is 7.08. The molecule has 0 atom stereocenters. The highest BCUT2D eigenvalue weighted by Gasteiger charge is 2.14. The predicted octanol–water partition coefficient (Wildman–Crippen LogP) is 5.24. The van der Waals surface area contributed by atoms with E-state index in [4.69, 9.17) is 11.6 Å². The van der Waals surface area contributed by atoms with Gasteiger partial charge < -0.3 is 0 Å². The number of carbonyl (C=O) groups is 1. The molecule has 102 valence electrons. The SMILES string of the molecule is O=C(c1ccc(Cl)cc1)c1ccccc1-c1ccccc1. The fraction of sp³-hybridized carbons (Fsp3) is 0. The Morgan fingerprint density at radius 3 is 2.05 bits per heavy atom. The second kappa shape index (κ2) is 5.94. The van der Waals surface area contributed by atoms with Crippen LogP contribution in [0.3, 0.4) is 0 Å². The van der Waals surface area contributed by atoms with Crippen molar-refractivity contribution in [1.29, 1.82) is 0 Å². The van der Waals surface area contributed by atoms with Gasteiger partial charge in [-0.15, -0.1) is 0 Å². The molecule has 0 saturated carbocycles. The fourth-order valence-corrected chi connectivity index (χ4v) is 2.43. The normalized spacial score (nSPS) is 10.3. The highest BCUT2D eigenvalue weighted by Crippen LogP contribution is 2.25. The van der Waals surface area contributed by atoms with Gasteiger partial charge in [0.2, 0.25) is 0 Å². The lowest BCUT2D eigenvalue weighted by Crippen LogP contribution is -2.03. The summed E-state index contributed by atoms with van der Waals surface area (Å²) >= 11 is 5.88. The van der Waals surface area contributed by atoms with Crippen LogP contribution in [0.15, 0.2) is 78.9 Å². The Bertz CT molecular complexity index is 761. The van der Waals surface area contributed by atoms with Gasteiger partial charge in [-0.3, -0.25) is 4.79 Å². The maximum absolute atomic E-state index is 12.7. The predicted molar refractivity (Wildman–Crippen MR) is 86.8 cm³/mol. The molecule has 0 N–H and O–H groups in total. The molecule has 0 heterocycles. The number of hydrogen-bond acceptors (Lipinski definition) is 1. The van der Waals surface area contributed by atoms with Gasteiger partial charge in [-0.25, -0.2) is 0 Å². The van der Waals surface area contributed by atoms with Crippen LogP contribution >= 0.6 is 11.6 Å². The first kappa shape index (κ1) is 13.6. The van der Waals surface area contributed by atoms with Crippen molar-refractivity contribution in [3.05, 3.63) is 95.0 Å². The summed E-state index contributed by atoms with van der Waals surface area (Å²) in [6, 6.07) is 24.6. The van der Waals surface area contributed by atoms with Gasteiger partial charge in [0.1, 0.15) is 0 Å². The van der Waals surface area contributed by atoms with Gasteiger partial charge in [-0.05, 0) is 35.4 Å². The standard InChI is InChI=1S/C19H13ClO/c20-16-12-10-15(11-13-16)19(21)18-9-5-4-8-17(18)14-6-2-1-3-7-14/h1-13H. The first-order chi connectivity index (χ1) is 10.3. The smallest absolute Gasteiger partial charge is 0.193 e. The average molecular weight is 293 g/mol. The van der Waals surface area contributed by atoms with E-state index in [2.05, 4.69) is 0 Å². The van der Waals surface area contributed by atoms with Gasteiger partial charge in [0.05, 0.1) is 0 Å². The summed E-state index contributed by atoms with van der Waals surface area (Å²) in [5.74, 6) is 0.00567. The summed E-state index contributed by atoms with van der Waals surface area (Å²) in [5.41, 5.74) is 3.32. The van der Waals surface area contributed by atoms with E-state index >= 15 is 0 Å². The van der Waals surface area contributed by atoms with Gasteiger partial charge in [0, 0.05) is 16.1 Å². The molecule has 3 aromatic rings. The maximum Gasteiger partial charge on any atom is 0.193 e. The molecule has 0 unspecified atom stereocenters. The van der Waals surface area contributed by atoms with Gasteiger partial charge in [0.15, 0.2) is 5.78 Å². The van der Waals surface area contributed by atoms with Crippen LogP contribution in [-0.2, 0) is 0 Å². The number of benzene rings is 3. The van der Waals surface area contributed by atoms with Crippen LogP contribution in [0, 0.1) is 0 Å². The third-order valence-electron chi connectivity index (χ3n) is 3.36. The third kappa shape index (κ3) is 2.88. The molecular weight excluding hydrogens is 280 g/mol. The van der Waals surface area contributed by atoms with Crippen molar-refractivity contribution in [2.45, 2.75) is 0 Å². The zero-order valence-corrected chi connectivity index (χ0v) is 12.0. The van der Waals surface area contributed by atoms with E-state index in [0.717, 1.165) is 11.1 Å². The summed E-state index contributed by atoms with van der Waals surface area (Å²) in [4.78, 5) is 12.7. The van der Waals surface area contributed by atoms with Crippen LogP contribution in [0.4, 0.5) is 0 Å². The Labute approximate surface area is 128 Å². The first-order valence-electron chi connectivity index (χ1n) is 6.70. The minimum atomic E-state index is 0.00567. The molecule has 1 nitrogen and oxygen atoms in total. The Morgan fingerprint density at radius 2 is 1.33 bits per heavy atom. The Hall–Kier alpha value is -2.38. The van der Waals surface area contributed by atoms with Crippen molar-refractivity contribution in [3.8, 4) is 11.1 Å². The van der Waals surface area contributed by atoms with Gasteiger partial charge in [-0.2, -0.15) is 0 Å². The summed E-state index contributed by atoms with van der Waals surface area (Å²) in [7, 11) is 0. The molecule has 0 aliphatic rings. The molecule has 0 bridgehead atoms. The molecule has 0 spiro atoms. The van der Waals surface area contributed by atoms with Crippen molar-refractivity contribution in [2.75, 3.05) is 0 Å². The molecule has 0 aliphatic carbocycles. The largest absolute Gasteiger partial charge is 0.289 e. The number of hydrogen-bond donors (Lipinski definition) is 0. The zero-order chi connectivity index (χ0) is 14.7. The topological polar surface area (TPSA) is 17.1 Å². The van der Waals surface area contributed by atoms with Crippen LogP contribution in [0.2, 0.25) is 5.02 Å². The van der Waals surface area contributed by atoms with Crippen LogP contribution in [0.25, 0.3) is 11.1 Å². The fourth-order valence-electron chi connectivity index (χ4n) is 2.31. The third-order valence-corrected chi connectivity index (χ3v) is 3.61. The molecule has 0 saturated heterocycles. The monoisotopic (exact) mass is 292 g/mol. The van der Waals surface area contributed by atoms with Crippen LogP contribution in [-0.4, -0.2) is 5.78 Å². The molecule has 0 aromatic heterocycles. The van der Waals surface area contributed by atoms with Gasteiger partial charge in [-0.1, -0.05) is 66.2 Å². The lowest BCUT2D eigenvalue weighted by Gasteiger charge is -2.09. The highest BCUT2D eigenvalue weighted by molar-refractivity contribution is 6.30.